The fourth-order valence-corrected chi connectivity index (χ4v) is 1.67. The van der Waals surface area contributed by atoms with Gasteiger partial charge in [0.15, 0.2) is 6.10 Å². The second-order valence-corrected chi connectivity index (χ2v) is 5.93. The van der Waals surface area contributed by atoms with Crippen LogP contribution >= 0.6 is 0 Å². The zero-order valence-corrected chi connectivity index (χ0v) is 11.9. The fraction of sp³-hybridized carbons (Fsp3) is 0.769. The number of carbonyl (C=O) groups is 3. The van der Waals surface area contributed by atoms with Gasteiger partial charge >= 0.3 is 11.9 Å². The number of hydrogen-bond acceptors (Lipinski definition) is 6. The zero-order chi connectivity index (χ0) is 14.8. The van der Waals surface area contributed by atoms with Crippen LogP contribution in [0.5, 0.6) is 0 Å². The minimum Gasteiger partial charge on any atom is -0.460 e. The molecular weight excluding hydrogens is 252 g/mol. The second kappa shape index (κ2) is 5.28. The van der Waals surface area contributed by atoms with Crippen LogP contribution in [-0.4, -0.2) is 35.2 Å². The quantitative estimate of drug-likeness (QED) is 0.568. The zero-order valence-electron chi connectivity index (χ0n) is 11.9. The molecule has 1 saturated heterocycles. The van der Waals surface area contributed by atoms with Gasteiger partial charge in [-0.25, -0.2) is 4.79 Å². The van der Waals surface area contributed by atoms with Gasteiger partial charge in [0, 0.05) is 20.3 Å². The molecule has 6 heteroatoms. The number of carbonyl (C=O) groups excluding carboxylic acids is 3. The van der Waals surface area contributed by atoms with Crippen molar-refractivity contribution in [3.05, 3.63) is 0 Å². The van der Waals surface area contributed by atoms with E-state index in [0.717, 1.165) is 0 Å². The molecule has 0 unspecified atom stereocenters. The van der Waals surface area contributed by atoms with E-state index in [9.17, 15) is 14.4 Å². The first-order chi connectivity index (χ1) is 8.48. The summed E-state index contributed by atoms with van der Waals surface area (Å²) in [5, 5.41) is 0. The van der Waals surface area contributed by atoms with Gasteiger partial charge < -0.3 is 14.2 Å². The highest BCUT2D eigenvalue weighted by Crippen LogP contribution is 2.25. The van der Waals surface area contributed by atoms with E-state index in [0.29, 0.717) is 0 Å². The fourth-order valence-electron chi connectivity index (χ4n) is 1.67. The van der Waals surface area contributed by atoms with Crippen molar-refractivity contribution in [3.63, 3.8) is 0 Å². The Morgan fingerprint density at radius 2 is 1.89 bits per heavy atom. The number of ether oxygens (including phenoxy) is 3. The van der Waals surface area contributed by atoms with Crippen molar-refractivity contribution in [3.8, 4) is 0 Å². The summed E-state index contributed by atoms with van der Waals surface area (Å²) in [5.41, 5.74) is -0.637. The van der Waals surface area contributed by atoms with Crippen molar-refractivity contribution in [2.24, 2.45) is 0 Å². The Hall–Kier alpha value is -1.43. The van der Waals surface area contributed by atoms with Crippen molar-refractivity contribution in [2.75, 3.05) is 0 Å². The number of ketones is 1. The summed E-state index contributed by atoms with van der Waals surface area (Å²) in [6.07, 6.45) is -1.49. The molecule has 0 bridgehead atoms. The molecule has 1 rings (SSSR count). The summed E-state index contributed by atoms with van der Waals surface area (Å²) in [5.74, 6) is -2.62. The van der Waals surface area contributed by atoms with Crippen LogP contribution in [0.2, 0.25) is 0 Å². The molecule has 1 atom stereocenters. The summed E-state index contributed by atoms with van der Waals surface area (Å²) in [6.45, 7) is 8.33. The maximum atomic E-state index is 11.7. The van der Waals surface area contributed by atoms with Crippen LogP contribution in [0, 0.1) is 0 Å². The highest BCUT2D eigenvalue weighted by Gasteiger charge is 2.42. The van der Waals surface area contributed by atoms with Crippen molar-refractivity contribution >= 4 is 17.7 Å². The van der Waals surface area contributed by atoms with Gasteiger partial charge in [-0.3, -0.25) is 9.59 Å². The monoisotopic (exact) mass is 272 g/mol. The number of esters is 2. The van der Waals surface area contributed by atoms with E-state index in [4.69, 9.17) is 14.2 Å². The molecule has 0 aliphatic carbocycles. The van der Waals surface area contributed by atoms with Crippen LogP contribution in [0.1, 0.15) is 47.5 Å². The standard InChI is InChI=1S/C13H20O6/c1-12(2,3)18-10(15)7-8(14)6-9-11(16)19-13(4,5)17-9/h9H,6-7H2,1-5H3/t9-/m0/s1. The van der Waals surface area contributed by atoms with Gasteiger partial charge in [-0.15, -0.1) is 0 Å². The average molecular weight is 272 g/mol. The lowest BCUT2D eigenvalue weighted by Crippen LogP contribution is -2.27. The lowest BCUT2D eigenvalue weighted by molar-refractivity contribution is -0.160. The van der Waals surface area contributed by atoms with Crippen LogP contribution in [0.4, 0.5) is 0 Å². The Morgan fingerprint density at radius 1 is 1.32 bits per heavy atom. The Labute approximate surface area is 112 Å². The summed E-state index contributed by atoms with van der Waals surface area (Å²) in [4.78, 5) is 34.5. The van der Waals surface area contributed by atoms with E-state index < -0.39 is 35.2 Å². The van der Waals surface area contributed by atoms with E-state index in [1.807, 2.05) is 0 Å². The molecule has 0 aromatic carbocycles. The highest BCUT2D eigenvalue weighted by atomic mass is 16.8. The van der Waals surface area contributed by atoms with Gasteiger partial charge in [0.2, 0.25) is 5.79 Å². The van der Waals surface area contributed by atoms with Crippen molar-refractivity contribution < 1.29 is 28.6 Å². The molecule has 0 N–H and O–H groups in total. The van der Waals surface area contributed by atoms with E-state index in [1.165, 1.54) is 0 Å². The van der Waals surface area contributed by atoms with E-state index in [2.05, 4.69) is 0 Å². The van der Waals surface area contributed by atoms with Crippen LogP contribution in [0.25, 0.3) is 0 Å². The number of rotatable bonds is 4. The lowest BCUT2D eigenvalue weighted by atomic mass is 10.1. The van der Waals surface area contributed by atoms with Gasteiger partial charge in [-0.2, -0.15) is 0 Å². The van der Waals surface area contributed by atoms with E-state index >= 15 is 0 Å². The normalized spacial score (nSPS) is 21.9. The van der Waals surface area contributed by atoms with Gasteiger partial charge in [0.1, 0.15) is 17.8 Å². The van der Waals surface area contributed by atoms with Crippen LogP contribution in [-0.2, 0) is 28.6 Å². The molecule has 0 radical (unpaired) electrons. The molecule has 1 heterocycles. The van der Waals surface area contributed by atoms with Gasteiger partial charge in [-0.1, -0.05) is 0 Å². The molecule has 108 valence electrons. The molecule has 1 fully saturated rings. The molecule has 0 aromatic heterocycles. The van der Waals surface area contributed by atoms with Gasteiger partial charge in [0.25, 0.3) is 0 Å². The molecule has 0 spiro atoms. The second-order valence-electron chi connectivity index (χ2n) is 5.93. The highest BCUT2D eigenvalue weighted by molar-refractivity contribution is 5.97. The summed E-state index contributed by atoms with van der Waals surface area (Å²) >= 11 is 0. The predicted molar refractivity (Wildman–Crippen MR) is 65.1 cm³/mol. The number of Topliss-reactive ketones (excluding diaryl/α,β-unsaturated/α-hetero) is 1. The van der Waals surface area contributed by atoms with Crippen molar-refractivity contribution in [2.45, 2.75) is 65.0 Å². The van der Waals surface area contributed by atoms with Gasteiger partial charge in [-0.05, 0) is 20.8 Å². The molecule has 1 aliphatic heterocycles. The maximum Gasteiger partial charge on any atom is 0.338 e. The third-order valence-corrected chi connectivity index (χ3v) is 2.21. The summed E-state index contributed by atoms with van der Waals surface area (Å²) in [7, 11) is 0. The van der Waals surface area contributed by atoms with Crippen molar-refractivity contribution in [1.29, 1.82) is 0 Å². The Kier molecular flexibility index (Phi) is 4.35. The van der Waals surface area contributed by atoms with E-state index in [1.54, 1.807) is 34.6 Å². The minimum atomic E-state index is -1.02. The average Bonchev–Trinajstić information content (AvgIpc) is 2.34. The molecule has 1 aliphatic rings. The van der Waals surface area contributed by atoms with Crippen LogP contribution < -0.4 is 0 Å². The number of cyclic esters (lactones) is 1. The topological polar surface area (TPSA) is 78.9 Å². The SMILES string of the molecule is CC(C)(C)OC(=O)CC(=O)C[C@@H]1OC(C)(C)OC1=O. The number of hydrogen-bond donors (Lipinski definition) is 0. The lowest BCUT2D eigenvalue weighted by Gasteiger charge is -2.19. The van der Waals surface area contributed by atoms with Crippen molar-refractivity contribution in [1.82, 2.24) is 0 Å². The first-order valence-electron chi connectivity index (χ1n) is 6.13. The molecule has 0 amide bonds. The van der Waals surface area contributed by atoms with E-state index in [-0.39, 0.29) is 12.8 Å². The van der Waals surface area contributed by atoms with Gasteiger partial charge in [0.05, 0.1) is 0 Å². The molecular formula is C13H20O6. The molecule has 6 nitrogen and oxygen atoms in total. The van der Waals surface area contributed by atoms with Crippen LogP contribution in [0.3, 0.4) is 0 Å². The van der Waals surface area contributed by atoms with Crippen LogP contribution in [0.15, 0.2) is 0 Å². The first kappa shape index (κ1) is 15.6. The Balaban J connectivity index is 2.44. The minimum absolute atomic E-state index is 0.179. The maximum absolute atomic E-state index is 11.7. The third kappa shape index (κ3) is 5.38. The third-order valence-electron chi connectivity index (χ3n) is 2.21. The summed E-state index contributed by atoms with van der Waals surface area (Å²) in [6, 6.07) is 0. The largest absolute Gasteiger partial charge is 0.460 e. The smallest absolute Gasteiger partial charge is 0.338 e. The molecule has 0 aromatic rings. The molecule has 0 saturated carbocycles. The molecule has 19 heavy (non-hydrogen) atoms. The predicted octanol–water partition coefficient (Wildman–Crippen LogP) is 1.36. The Morgan fingerprint density at radius 3 is 2.32 bits per heavy atom. The summed E-state index contributed by atoms with van der Waals surface area (Å²) < 4.78 is 15.2. The first-order valence-corrected chi connectivity index (χ1v) is 6.13. The Bertz CT molecular complexity index is 390.